The van der Waals surface area contributed by atoms with E-state index >= 15 is 0 Å². The molecule has 1 saturated carbocycles. The average Bonchev–Trinajstić information content (AvgIpc) is 3.19. The number of nitrogens with zero attached hydrogens (tertiary/aromatic N) is 4. The summed E-state index contributed by atoms with van der Waals surface area (Å²) in [6.07, 6.45) is 4.42. The highest BCUT2D eigenvalue weighted by molar-refractivity contribution is 5.79. The van der Waals surface area contributed by atoms with Crippen LogP contribution in [0.2, 0.25) is 0 Å². The van der Waals surface area contributed by atoms with Crippen molar-refractivity contribution in [2.45, 2.75) is 25.7 Å². The van der Waals surface area contributed by atoms with Crippen LogP contribution in [0.3, 0.4) is 0 Å². The van der Waals surface area contributed by atoms with Gasteiger partial charge in [0.15, 0.2) is 5.82 Å². The topological polar surface area (TPSA) is 58.4 Å². The lowest BCUT2D eigenvalue weighted by Crippen LogP contribution is -2.51. The normalized spacial score (nSPS) is 18.9. The van der Waals surface area contributed by atoms with E-state index in [1.165, 1.54) is 12.8 Å². The molecule has 25 heavy (non-hydrogen) atoms. The molecule has 0 N–H and O–H groups in total. The molecule has 2 heterocycles. The smallest absolute Gasteiger partial charge is 0.293 e. The molecule has 0 atom stereocenters. The van der Waals surface area contributed by atoms with E-state index in [-0.39, 0.29) is 11.5 Å². The molecule has 132 valence electrons. The van der Waals surface area contributed by atoms with Gasteiger partial charge in [-0.25, -0.2) is 4.98 Å². The van der Waals surface area contributed by atoms with Gasteiger partial charge in [-0.2, -0.15) is 0 Å². The summed E-state index contributed by atoms with van der Waals surface area (Å²) >= 11 is 0. The Labute approximate surface area is 147 Å². The van der Waals surface area contributed by atoms with E-state index < -0.39 is 0 Å². The first-order valence-corrected chi connectivity index (χ1v) is 9.14. The van der Waals surface area contributed by atoms with Gasteiger partial charge in [-0.15, -0.1) is 0 Å². The molecule has 0 bridgehead atoms. The third kappa shape index (κ3) is 2.90. The predicted molar refractivity (Wildman–Crippen MR) is 97.7 cm³/mol. The molecule has 1 aliphatic heterocycles. The summed E-state index contributed by atoms with van der Waals surface area (Å²) in [5.41, 5.74) is 1.59. The number of aryl methyl sites for hydroxylation is 1. The molecule has 2 fully saturated rings. The van der Waals surface area contributed by atoms with E-state index in [2.05, 4.69) is 4.98 Å². The van der Waals surface area contributed by atoms with Crippen molar-refractivity contribution in [3.05, 3.63) is 34.6 Å². The summed E-state index contributed by atoms with van der Waals surface area (Å²) in [4.78, 5) is 33.8. The molecular formula is C19H24N4O2. The van der Waals surface area contributed by atoms with Crippen LogP contribution in [0.1, 0.15) is 25.7 Å². The molecule has 1 saturated heterocycles. The van der Waals surface area contributed by atoms with E-state index in [0.29, 0.717) is 37.9 Å². The molecular weight excluding hydrogens is 316 g/mol. The fraction of sp³-hybridized carbons (Fsp3) is 0.526. The quantitative estimate of drug-likeness (QED) is 0.836. The van der Waals surface area contributed by atoms with Gasteiger partial charge in [0.25, 0.3) is 5.56 Å². The maximum absolute atomic E-state index is 12.7. The first-order valence-electron chi connectivity index (χ1n) is 9.14. The Balaban J connectivity index is 1.53. The lowest BCUT2D eigenvalue weighted by molar-refractivity contribution is -0.135. The van der Waals surface area contributed by atoms with Gasteiger partial charge in [0.1, 0.15) is 0 Å². The minimum absolute atomic E-state index is 0.0748. The molecule has 1 aromatic carbocycles. The van der Waals surface area contributed by atoms with E-state index in [4.69, 9.17) is 0 Å². The minimum atomic E-state index is -0.0748. The Bertz CT molecular complexity index is 846. The number of hydrogen-bond acceptors (Lipinski definition) is 4. The van der Waals surface area contributed by atoms with Gasteiger partial charge in [0.2, 0.25) is 5.91 Å². The number of amides is 1. The number of carbonyl (C=O) groups is 1. The Hall–Kier alpha value is -2.37. The van der Waals surface area contributed by atoms with E-state index in [0.717, 1.165) is 23.9 Å². The molecule has 2 aromatic rings. The van der Waals surface area contributed by atoms with Gasteiger partial charge in [-0.1, -0.05) is 25.0 Å². The molecule has 1 aliphatic carbocycles. The van der Waals surface area contributed by atoms with E-state index in [1.54, 1.807) is 11.6 Å². The van der Waals surface area contributed by atoms with Crippen molar-refractivity contribution >= 4 is 22.8 Å². The van der Waals surface area contributed by atoms with Crippen LogP contribution in [-0.4, -0.2) is 46.5 Å². The molecule has 6 heteroatoms. The van der Waals surface area contributed by atoms with Crippen molar-refractivity contribution in [2.24, 2.45) is 13.0 Å². The highest BCUT2D eigenvalue weighted by Crippen LogP contribution is 2.27. The summed E-state index contributed by atoms with van der Waals surface area (Å²) in [6.45, 7) is 2.68. The minimum Gasteiger partial charge on any atom is -0.348 e. The fourth-order valence-corrected chi connectivity index (χ4v) is 4.04. The summed E-state index contributed by atoms with van der Waals surface area (Å²) in [5, 5.41) is 0. The molecule has 0 spiro atoms. The van der Waals surface area contributed by atoms with Crippen LogP contribution in [0.4, 0.5) is 5.82 Å². The van der Waals surface area contributed by atoms with Crippen molar-refractivity contribution in [1.29, 1.82) is 0 Å². The van der Waals surface area contributed by atoms with Gasteiger partial charge in [0, 0.05) is 39.1 Å². The van der Waals surface area contributed by atoms with Crippen LogP contribution in [0, 0.1) is 5.92 Å². The average molecular weight is 340 g/mol. The molecule has 1 aromatic heterocycles. The summed E-state index contributed by atoms with van der Waals surface area (Å²) in [7, 11) is 1.79. The van der Waals surface area contributed by atoms with Crippen molar-refractivity contribution in [3.8, 4) is 0 Å². The number of anilines is 1. The third-order valence-corrected chi connectivity index (χ3v) is 5.56. The Kier molecular flexibility index (Phi) is 4.19. The number of para-hydroxylation sites is 2. The van der Waals surface area contributed by atoms with E-state index in [1.807, 2.05) is 34.1 Å². The number of piperazine rings is 1. The second-order valence-corrected chi connectivity index (χ2v) is 7.08. The Morgan fingerprint density at radius 2 is 1.76 bits per heavy atom. The van der Waals surface area contributed by atoms with E-state index in [9.17, 15) is 9.59 Å². The van der Waals surface area contributed by atoms with Crippen molar-refractivity contribution in [3.63, 3.8) is 0 Å². The second-order valence-electron chi connectivity index (χ2n) is 7.08. The van der Waals surface area contributed by atoms with Crippen molar-refractivity contribution < 1.29 is 4.79 Å². The van der Waals surface area contributed by atoms with Crippen LogP contribution in [0.15, 0.2) is 29.1 Å². The maximum Gasteiger partial charge on any atom is 0.293 e. The summed E-state index contributed by atoms with van der Waals surface area (Å²) < 4.78 is 1.66. The fourth-order valence-electron chi connectivity index (χ4n) is 4.04. The zero-order chi connectivity index (χ0) is 17.4. The molecule has 0 radical (unpaired) electrons. The molecule has 4 rings (SSSR count). The summed E-state index contributed by atoms with van der Waals surface area (Å²) in [5.74, 6) is 1.02. The van der Waals surface area contributed by atoms with Gasteiger partial charge in [0.05, 0.1) is 11.0 Å². The Morgan fingerprint density at radius 3 is 2.48 bits per heavy atom. The standard InChI is InChI=1S/C19H24N4O2/c1-21-16-9-5-4-8-15(16)20-17(19(21)25)22-10-12-23(13-11-22)18(24)14-6-2-3-7-14/h4-5,8-9,14H,2-3,6-7,10-13H2,1H3. The number of benzene rings is 1. The number of aromatic nitrogens is 2. The van der Waals surface area contributed by atoms with Crippen LogP contribution >= 0.6 is 0 Å². The predicted octanol–water partition coefficient (Wildman–Crippen LogP) is 1.77. The number of carbonyl (C=O) groups excluding carboxylic acids is 1. The SMILES string of the molecule is Cn1c(=O)c(N2CCN(C(=O)C3CCCC3)CC2)nc2ccccc21. The lowest BCUT2D eigenvalue weighted by atomic mass is 10.1. The zero-order valence-corrected chi connectivity index (χ0v) is 14.6. The molecule has 6 nitrogen and oxygen atoms in total. The maximum atomic E-state index is 12.7. The first-order chi connectivity index (χ1) is 12.1. The first kappa shape index (κ1) is 16.1. The second kappa shape index (κ2) is 6.50. The van der Waals surface area contributed by atoms with Gasteiger partial charge in [-0.05, 0) is 25.0 Å². The largest absolute Gasteiger partial charge is 0.348 e. The van der Waals surface area contributed by atoms with Crippen LogP contribution < -0.4 is 10.5 Å². The monoisotopic (exact) mass is 340 g/mol. The van der Waals surface area contributed by atoms with Crippen LogP contribution in [-0.2, 0) is 11.8 Å². The van der Waals surface area contributed by atoms with Crippen LogP contribution in [0.25, 0.3) is 11.0 Å². The summed E-state index contributed by atoms with van der Waals surface area (Å²) in [6, 6.07) is 7.68. The zero-order valence-electron chi connectivity index (χ0n) is 14.6. The lowest BCUT2D eigenvalue weighted by Gasteiger charge is -2.36. The number of rotatable bonds is 2. The van der Waals surface area contributed by atoms with Crippen molar-refractivity contribution in [1.82, 2.24) is 14.5 Å². The Morgan fingerprint density at radius 1 is 1.08 bits per heavy atom. The van der Waals surface area contributed by atoms with Gasteiger partial charge < -0.3 is 14.4 Å². The molecule has 2 aliphatic rings. The van der Waals surface area contributed by atoms with Gasteiger partial charge in [-0.3, -0.25) is 9.59 Å². The number of fused-ring (bicyclic) bond motifs is 1. The molecule has 1 amide bonds. The highest BCUT2D eigenvalue weighted by atomic mass is 16.2. The van der Waals surface area contributed by atoms with Crippen molar-refractivity contribution in [2.75, 3.05) is 31.1 Å². The van der Waals surface area contributed by atoms with Gasteiger partial charge >= 0.3 is 0 Å². The molecule has 0 unspecified atom stereocenters. The highest BCUT2D eigenvalue weighted by Gasteiger charge is 2.30. The number of hydrogen-bond donors (Lipinski definition) is 0. The van der Waals surface area contributed by atoms with Crippen LogP contribution in [0.5, 0.6) is 0 Å². The third-order valence-electron chi connectivity index (χ3n) is 5.56.